The molecule has 3 nitrogen and oxygen atoms in total. The van der Waals surface area contributed by atoms with E-state index in [9.17, 15) is 4.39 Å². The Kier molecular flexibility index (Phi) is 4.04. The molecule has 0 amide bonds. The number of nitrogens with one attached hydrogen (secondary N) is 1. The molecule has 1 aromatic heterocycles. The molecule has 0 saturated heterocycles. The topological polar surface area (TPSA) is 37.8 Å². The number of hydrogen-bond acceptors (Lipinski definition) is 3. The Morgan fingerprint density at radius 2 is 2.11 bits per heavy atom. The van der Waals surface area contributed by atoms with E-state index in [0.717, 1.165) is 11.3 Å². The first-order valence-corrected chi connectivity index (χ1v) is 6.33. The molecule has 2 rings (SSSR count). The van der Waals surface area contributed by atoms with Crippen LogP contribution in [0.25, 0.3) is 11.4 Å². The molecule has 0 fully saturated rings. The SMILES string of the molecule is CNCc1nc(-c2cc(F)cc(Br)c2)ncc1C. The number of benzene rings is 1. The van der Waals surface area contributed by atoms with Crippen LogP contribution in [0.1, 0.15) is 11.3 Å². The van der Waals surface area contributed by atoms with Gasteiger partial charge in [-0.2, -0.15) is 0 Å². The Morgan fingerprint density at radius 1 is 1.33 bits per heavy atom. The summed E-state index contributed by atoms with van der Waals surface area (Å²) >= 11 is 3.27. The number of hydrogen-bond donors (Lipinski definition) is 1. The Bertz CT molecular complexity index is 552. The Labute approximate surface area is 114 Å². The summed E-state index contributed by atoms with van der Waals surface area (Å²) in [6, 6.07) is 4.64. The van der Waals surface area contributed by atoms with E-state index in [1.54, 1.807) is 12.3 Å². The molecule has 2 aromatic rings. The summed E-state index contributed by atoms with van der Waals surface area (Å²) < 4.78 is 14.0. The maximum atomic E-state index is 13.3. The highest BCUT2D eigenvalue weighted by molar-refractivity contribution is 9.10. The van der Waals surface area contributed by atoms with Crippen LogP contribution in [-0.4, -0.2) is 17.0 Å². The van der Waals surface area contributed by atoms with Crippen molar-refractivity contribution in [2.45, 2.75) is 13.5 Å². The number of aromatic nitrogens is 2. The Hall–Kier alpha value is -1.33. The van der Waals surface area contributed by atoms with Crippen LogP contribution in [-0.2, 0) is 6.54 Å². The summed E-state index contributed by atoms with van der Waals surface area (Å²) in [6.07, 6.45) is 1.76. The lowest BCUT2D eigenvalue weighted by molar-refractivity contribution is 0.627. The largest absolute Gasteiger partial charge is 0.314 e. The number of aryl methyl sites for hydroxylation is 1. The third-order valence-electron chi connectivity index (χ3n) is 2.54. The second kappa shape index (κ2) is 5.54. The summed E-state index contributed by atoms with van der Waals surface area (Å²) in [4.78, 5) is 8.70. The smallest absolute Gasteiger partial charge is 0.159 e. The van der Waals surface area contributed by atoms with Crippen LogP contribution in [0, 0.1) is 12.7 Å². The standard InChI is InChI=1S/C13H13BrFN3/c1-8-6-17-13(18-12(8)7-16-2)9-3-10(14)5-11(15)4-9/h3-6,16H,7H2,1-2H3. The molecule has 1 aromatic carbocycles. The highest BCUT2D eigenvalue weighted by Crippen LogP contribution is 2.22. The highest BCUT2D eigenvalue weighted by Gasteiger charge is 2.07. The van der Waals surface area contributed by atoms with Gasteiger partial charge in [-0.05, 0) is 37.7 Å². The Morgan fingerprint density at radius 3 is 2.78 bits per heavy atom. The molecule has 1 N–H and O–H groups in total. The van der Waals surface area contributed by atoms with Crippen molar-refractivity contribution in [1.82, 2.24) is 15.3 Å². The van der Waals surface area contributed by atoms with Crippen LogP contribution < -0.4 is 5.32 Å². The fraction of sp³-hybridized carbons (Fsp3) is 0.231. The zero-order chi connectivity index (χ0) is 13.1. The predicted octanol–water partition coefficient (Wildman–Crippen LogP) is 3.07. The van der Waals surface area contributed by atoms with Gasteiger partial charge in [-0.1, -0.05) is 15.9 Å². The van der Waals surface area contributed by atoms with Crippen molar-refractivity contribution < 1.29 is 4.39 Å². The lowest BCUT2D eigenvalue weighted by Crippen LogP contribution is -2.10. The van der Waals surface area contributed by atoms with Gasteiger partial charge in [0, 0.05) is 22.8 Å². The van der Waals surface area contributed by atoms with E-state index in [-0.39, 0.29) is 5.82 Å². The van der Waals surface area contributed by atoms with E-state index in [2.05, 4.69) is 31.2 Å². The minimum Gasteiger partial charge on any atom is -0.314 e. The number of nitrogens with zero attached hydrogens (tertiary/aromatic N) is 2. The van der Waals surface area contributed by atoms with Gasteiger partial charge < -0.3 is 5.32 Å². The molecule has 94 valence electrons. The maximum absolute atomic E-state index is 13.3. The molecule has 5 heteroatoms. The van der Waals surface area contributed by atoms with Crippen LogP contribution in [0.3, 0.4) is 0 Å². The van der Waals surface area contributed by atoms with Crippen LogP contribution in [0.5, 0.6) is 0 Å². The fourth-order valence-electron chi connectivity index (χ4n) is 1.65. The third-order valence-corrected chi connectivity index (χ3v) is 3.00. The van der Waals surface area contributed by atoms with E-state index in [0.29, 0.717) is 22.4 Å². The molecule has 0 radical (unpaired) electrons. The van der Waals surface area contributed by atoms with Gasteiger partial charge in [0.2, 0.25) is 0 Å². The summed E-state index contributed by atoms with van der Waals surface area (Å²) in [5, 5.41) is 3.05. The van der Waals surface area contributed by atoms with Crippen molar-refractivity contribution in [3.63, 3.8) is 0 Å². The van der Waals surface area contributed by atoms with Gasteiger partial charge in [-0.15, -0.1) is 0 Å². The predicted molar refractivity (Wildman–Crippen MR) is 72.6 cm³/mol. The van der Waals surface area contributed by atoms with Crippen LogP contribution in [0.15, 0.2) is 28.9 Å². The molecule has 0 atom stereocenters. The zero-order valence-corrected chi connectivity index (χ0v) is 11.8. The van der Waals surface area contributed by atoms with E-state index < -0.39 is 0 Å². The van der Waals surface area contributed by atoms with Gasteiger partial charge in [0.25, 0.3) is 0 Å². The van der Waals surface area contributed by atoms with E-state index in [1.165, 1.54) is 12.1 Å². The van der Waals surface area contributed by atoms with Crippen molar-refractivity contribution >= 4 is 15.9 Å². The monoisotopic (exact) mass is 309 g/mol. The summed E-state index contributed by atoms with van der Waals surface area (Å²) in [7, 11) is 1.86. The summed E-state index contributed by atoms with van der Waals surface area (Å²) in [5.74, 6) is 0.227. The lowest BCUT2D eigenvalue weighted by atomic mass is 10.2. The van der Waals surface area contributed by atoms with Crippen molar-refractivity contribution in [1.29, 1.82) is 0 Å². The molecule has 0 aliphatic rings. The van der Waals surface area contributed by atoms with E-state index >= 15 is 0 Å². The molecule has 0 unspecified atom stereocenters. The molecular formula is C13H13BrFN3. The first kappa shape index (κ1) is 13.1. The van der Waals surface area contributed by atoms with E-state index in [1.807, 2.05) is 14.0 Å². The first-order chi connectivity index (χ1) is 8.60. The molecule has 0 aliphatic heterocycles. The molecule has 0 spiro atoms. The van der Waals surface area contributed by atoms with Gasteiger partial charge in [0.05, 0.1) is 5.69 Å². The third kappa shape index (κ3) is 2.91. The van der Waals surface area contributed by atoms with E-state index in [4.69, 9.17) is 0 Å². The normalized spacial score (nSPS) is 10.7. The van der Waals surface area contributed by atoms with Crippen LogP contribution >= 0.6 is 15.9 Å². The van der Waals surface area contributed by atoms with Gasteiger partial charge in [-0.3, -0.25) is 0 Å². The maximum Gasteiger partial charge on any atom is 0.159 e. The fourth-order valence-corrected chi connectivity index (χ4v) is 2.11. The Balaban J connectivity index is 2.47. The average Bonchev–Trinajstić information content (AvgIpc) is 2.31. The zero-order valence-electron chi connectivity index (χ0n) is 10.2. The van der Waals surface area contributed by atoms with Gasteiger partial charge in [0.15, 0.2) is 5.82 Å². The van der Waals surface area contributed by atoms with Gasteiger partial charge >= 0.3 is 0 Å². The van der Waals surface area contributed by atoms with Crippen molar-refractivity contribution in [3.05, 3.63) is 45.9 Å². The minimum atomic E-state index is -0.307. The summed E-state index contributed by atoms with van der Waals surface area (Å²) in [5.41, 5.74) is 2.60. The van der Waals surface area contributed by atoms with Crippen LogP contribution in [0.2, 0.25) is 0 Å². The molecule has 0 saturated carbocycles. The second-order valence-corrected chi connectivity index (χ2v) is 4.93. The highest BCUT2D eigenvalue weighted by atomic mass is 79.9. The van der Waals surface area contributed by atoms with Crippen molar-refractivity contribution in [2.75, 3.05) is 7.05 Å². The second-order valence-electron chi connectivity index (χ2n) is 4.01. The van der Waals surface area contributed by atoms with Gasteiger partial charge in [-0.25, -0.2) is 14.4 Å². The van der Waals surface area contributed by atoms with Crippen molar-refractivity contribution in [3.8, 4) is 11.4 Å². The quantitative estimate of drug-likeness (QED) is 0.947. The molecule has 1 heterocycles. The molecule has 0 bridgehead atoms. The molecule has 0 aliphatic carbocycles. The summed E-state index contributed by atoms with van der Waals surface area (Å²) in [6.45, 7) is 2.62. The molecular weight excluding hydrogens is 297 g/mol. The first-order valence-electron chi connectivity index (χ1n) is 5.53. The minimum absolute atomic E-state index is 0.307. The van der Waals surface area contributed by atoms with Crippen LogP contribution in [0.4, 0.5) is 4.39 Å². The molecule has 18 heavy (non-hydrogen) atoms. The number of halogens is 2. The average molecular weight is 310 g/mol. The lowest BCUT2D eigenvalue weighted by Gasteiger charge is -2.07. The number of rotatable bonds is 3. The van der Waals surface area contributed by atoms with Gasteiger partial charge in [0.1, 0.15) is 5.82 Å². The van der Waals surface area contributed by atoms with Crippen molar-refractivity contribution in [2.24, 2.45) is 0 Å².